The molecule has 0 radical (unpaired) electrons. The molecule has 6 heteroatoms. The van der Waals surface area contributed by atoms with Gasteiger partial charge in [-0.25, -0.2) is 9.18 Å². The molecule has 1 heterocycles. The lowest BCUT2D eigenvalue weighted by atomic mass is 9.96. The van der Waals surface area contributed by atoms with Crippen molar-refractivity contribution in [3.63, 3.8) is 0 Å². The molecule has 3 aromatic rings. The molecule has 1 aliphatic heterocycles. The fourth-order valence-electron chi connectivity index (χ4n) is 5.03. The van der Waals surface area contributed by atoms with E-state index in [1.807, 2.05) is 18.2 Å². The first kappa shape index (κ1) is 24.5. The molecule has 0 saturated heterocycles. The molecular formula is C31H29FN2O3. The van der Waals surface area contributed by atoms with Crippen LogP contribution in [0.1, 0.15) is 51.1 Å². The zero-order chi connectivity index (χ0) is 25.8. The van der Waals surface area contributed by atoms with E-state index < -0.39 is 5.97 Å². The third-order valence-corrected chi connectivity index (χ3v) is 6.96. The summed E-state index contributed by atoms with van der Waals surface area (Å²) in [6, 6.07) is 17.3. The van der Waals surface area contributed by atoms with Gasteiger partial charge in [-0.3, -0.25) is 4.79 Å². The van der Waals surface area contributed by atoms with Crippen LogP contribution in [0.15, 0.2) is 84.5 Å². The van der Waals surface area contributed by atoms with Crippen molar-refractivity contribution in [3.05, 3.63) is 113 Å². The maximum absolute atomic E-state index is 15.2. The SMILES string of the molecule is O=C(NCC1=CCCC=C1)c1ccc2c(c1)CCCN2Cc1ccc(-c2ccccc2C(=O)O)cc1F. The van der Waals surface area contributed by atoms with Gasteiger partial charge in [0.15, 0.2) is 0 Å². The zero-order valence-corrected chi connectivity index (χ0v) is 20.5. The molecular weight excluding hydrogens is 467 g/mol. The number of rotatable bonds is 7. The highest BCUT2D eigenvalue weighted by molar-refractivity contribution is 5.96. The second-order valence-electron chi connectivity index (χ2n) is 9.47. The number of carboxylic acid groups (broad SMARTS) is 1. The maximum atomic E-state index is 15.2. The van der Waals surface area contributed by atoms with E-state index in [1.54, 1.807) is 30.3 Å². The van der Waals surface area contributed by atoms with Crippen LogP contribution < -0.4 is 10.2 Å². The Labute approximate surface area is 215 Å². The normalized spacial score (nSPS) is 14.6. The number of hydrogen-bond acceptors (Lipinski definition) is 3. The van der Waals surface area contributed by atoms with Crippen LogP contribution in [0.25, 0.3) is 11.1 Å². The molecule has 2 N–H and O–H groups in total. The van der Waals surface area contributed by atoms with Gasteiger partial charge in [-0.2, -0.15) is 0 Å². The first-order valence-corrected chi connectivity index (χ1v) is 12.6. The molecule has 0 aromatic heterocycles. The van der Waals surface area contributed by atoms with Crippen LogP contribution in [0.3, 0.4) is 0 Å². The summed E-state index contributed by atoms with van der Waals surface area (Å²) in [6.45, 7) is 1.71. The summed E-state index contributed by atoms with van der Waals surface area (Å²) in [5, 5.41) is 12.5. The van der Waals surface area contributed by atoms with Gasteiger partial charge in [0.2, 0.25) is 0 Å². The summed E-state index contributed by atoms with van der Waals surface area (Å²) in [4.78, 5) is 26.5. The van der Waals surface area contributed by atoms with Gasteiger partial charge in [0.25, 0.3) is 5.91 Å². The van der Waals surface area contributed by atoms with Crippen LogP contribution in [0.2, 0.25) is 0 Å². The van der Waals surface area contributed by atoms with Crippen LogP contribution in [-0.4, -0.2) is 30.1 Å². The first-order valence-electron chi connectivity index (χ1n) is 12.6. The average Bonchev–Trinajstić information content (AvgIpc) is 2.93. The van der Waals surface area contributed by atoms with E-state index in [9.17, 15) is 14.7 Å². The number of aryl methyl sites for hydroxylation is 1. The number of allylic oxidation sites excluding steroid dienone is 2. The van der Waals surface area contributed by atoms with Crippen molar-refractivity contribution in [1.82, 2.24) is 5.32 Å². The second-order valence-corrected chi connectivity index (χ2v) is 9.47. The molecule has 0 atom stereocenters. The van der Waals surface area contributed by atoms with Crippen molar-refractivity contribution >= 4 is 17.6 Å². The zero-order valence-electron chi connectivity index (χ0n) is 20.5. The molecule has 0 bridgehead atoms. The fraction of sp³-hybridized carbons (Fsp3) is 0.226. The molecule has 0 saturated carbocycles. The van der Waals surface area contributed by atoms with Gasteiger partial charge in [-0.1, -0.05) is 48.6 Å². The number of carbonyl (C=O) groups excluding carboxylic acids is 1. The van der Waals surface area contributed by atoms with Gasteiger partial charge in [-0.15, -0.1) is 0 Å². The monoisotopic (exact) mass is 496 g/mol. The number of halogens is 1. The lowest BCUT2D eigenvalue weighted by molar-refractivity contribution is 0.0697. The van der Waals surface area contributed by atoms with Gasteiger partial charge in [0.05, 0.1) is 5.56 Å². The summed E-state index contributed by atoms with van der Waals surface area (Å²) in [5.41, 5.74) is 5.57. The summed E-state index contributed by atoms with van der Waals surface area (Å²) < 4.78 is 15.2. The molecule has 0 unspecified atom stereocenters. The lowest BCUT2D eigenvalue weighted by Crippen LogP contribution is -2.30. The Kier molecular flexibility index (Phi) is 7.17. The van der Waals surface area contributed by atoms with E-state index in [4.69, 9.17) is 0 Å². The third-order valence-electron chi connectivity index (χ3n) is 6.96. The number of carboxylic acids is 1. The molecule has 188 valence electrons. The van der Waals surface area contributed by atoms with Crippen LogP contribution in [0.5, 0.6) is 0 Å². The average molecular weight is 497 g/mol. The Morgan fingerprint density at radius 2 is 1.89 bits per heavy atom. The Hall–Kier alpha value is -4.19. The number of nitrogens with one attached hydrogen (secondary N) is 1. The van der Waals surface area contributed by atoms with E-state index in [2.05, 4.69) is 28.4 Å². The molecule has 5 rings (SSSR count). The van der Waals surface area contributed by atoms with Gasteiger partial charge in [0.1, 0.15) is 5.82 Å². The number of fused-ring (bicyclic) bond motifs is 1. The summed E-state index contributed by atoms with van der Waals surface area (Å²) >= 11 is 0. The van der Waals surface area contributed by atoms with Gasteiger partial charge >= 0.3 is 5.97 Å². The van der Waals surface area contributed by atoms with Crippen LogP contribution in [0, 0.1) is 5.82 Å². The molecule has 5 nitrogen and oxygen atoms in total. The van der Waals surface area contributed by atoms with Crippen molar-refractivity contribution in [2.24, 2.45) is 0 Å². The lowest BCUT2D eigenvalue weighted by Gasteiger charge is -2.32. The van der Waals surface area contributed by atoms with E-state index in [1.165, 1.54) is 12.1 Å². The largest absolute Gasteiger partial charge is 0.478 e. The second kappa shape index (κ2) is 10.8. The predicted octanol–water partition coefficient (Wildman–Crippen LogP) is 6.15. The highest BCUT2D eigenvalue weighted by Crippen LogP contribution is 2.31. The van der Waals surface area contributed by atoms with Crippen molar-refractivity contribution in [3.8, 4) is 11.1 Å². The van der Waals surface area contributed by atoms with E-state index in [-0.39, 0.29) is 17.3 Å². The Morgan fingerprint density at radius 3 is 2.68 bits per heavy atom. The Balaban J connectivity index is 1.31. The maximum Gasteiger partial charge on any atom is 0.336 e. The summed E-state index contributed by atoms with van der Waals surface area (Å²) in [6.07, 6.45) is 10.2. The van der Waals surface area contributed by atoms with Crippen LogP contribution in [0.4, 0.5) is 10.1 Å². The molecule has 0 spiro atoms. The summed E-state index contributed by atoms with van der Waals surface area (Å²) in [5.74, 6) is -1.50. The van der Waals surface area contributed by atoms with Crippen molar-refractivity contribution in [2.45, 2.75) is 32.2 Å². The molecule has 2 aliphatic rings. The van der Waals surface area contributed by atoms with Gasteiger partial charge in [0, 0.05) is 36.4 Å². The molecule has 3 aromatic carbocycles. The predicted molar refractivity (Wildman–Crippen MR) is 143 cm³/mol. The Morgan fingerprint density at radius 1 is 1.03 bits per heavy atom. The third kappa shape index (κ3) is 5.48. The molecule has 1 aliphatic carbocycles. The standard InChI is InChI=1S/C31H29FN2O3/c32-28-18-22(26-10-4-5-11-27(26)31(36)37)12-13-25(28)20-34-16-6-9-23-17-24(14-15-29(23)34)30(35)33-19-21-7-2-1-3-8-21/h2,4-5,7-8,10-15,17-18H,1,3,6,9,16,19-20H2,(H,33,35)(H,36,37). The highest BCUT2D eigenvalue weighted by Gasteiger charge is 2.21. The van der Waals surface area contributed by atoms with Gasteiger partial charge in [-0.05, 0) is 78.3 Å². The topological polar surface area (TPSA) is 69.6 Å². The number of benzene rings is 3. The number of aromatic carboxylic acids is 1. The minimum absolute atomic E-state index is 0.0944. The number of anilines is 1. The summed E-state index contributed by atoms with van der Waals surface area (Å²) in [7, 11) is 0. The minimum Gasteiger partial charge on any atom is -0.478 e. The molecule has 1 amide bonds. The number of carbonyl (C=O) groups is 2. The quantitative estimate of drug-likeness (QED) is 0.412. The minimum atomic E-state index is -1.04. The smallest absolute Gasteiger partial charge is 0.336 e. The van der Waals surface area contributed by atoms with Crippen molar-refractivity contribution in [1.29, 1.82) is 0 Å². The van der Waals surface area contributed by atoms with Crippen molar-refractivity contribution < 1.29 is 19.1 Å². The molecule has 0 fully saturated rings. The van der Waals surface area contributed by atoms with Crippen LogP contribution in [-0.2, 0) is 13.0 Å². The van der Waals surface area contributed by atoms with E-state index in [0.717, 1.165) is 49.1 Å². The highest BCUT2D eigenvalue weighted by atomic mass is 19.1. The fourth-order valence-corrected chi connectivity index (χ4v) is 5.03. The Bertz CT molecular complexity index is 1410. The first-order chi connectivity index (χ1) is 18.0. The van der Waals surface area contributed by atoms with E-state index in [0.29, 0.717) is 35.3 Å². The number of nitrogens with zero attached hydrogens (tertiary/aromatic N) is 1. The number of hydrogen-bond donors (Lipinski definition) is 2. The van der Waals surface area contributed by atoms with Gasteiger partial charge < -0.3 is 15.3 Å². The number of amides is 1. The van der Waals surface area contributed by atoms with E-state index >= 15 is 4.39 Å². The molecule has 37 heavy (non-hydrogen) atoms. The van der Waals surface area contributed by atoms with Crippen molar-refractivity contribution in [2.75, 3.05) is 18.0 Å². The van der Waals surface area contributed by atoms with Crippen LogP contribution >= 0.6 is 0 Å².